The summed E-state index contributed by atoms with van der Waals surface area (Å²) in [7, 11) is 0. The Morgan fingerprint density at radius 3 is 1.90 bits per heavy atom. The molecule has 0 fully saturated rings. The topological polar surface area (TPSA) is 9.86 Å². The first-order valence-corrected chi connectivity index (χ1v) is 16.8. The molecule has 226 valence electrons. The molecule has 7 aromatic carbocycles. The van der Waals surface area contributed by atoms with Crippen LogP contribution in [0.4, 0.5) is 0 Å². The van der Waals surface area contributed by atoms with Crippen molar-refractivity contribution in [3.63, 3.8) is 0 Å². The van der Waals surface area contributed by atoms with Crippen LogP contribution in [0.2, 0.25) is 0 Å². The minimum Gasteiger partial charge on any atom is -0.310 e. The molecule has 0 spiro atoms. The molecular weight excluding hydrogens is 581 g/mol. The second kappa shape index (κ2) is 10.7. The zero-order chi connectivity index (χ0) is 31.6. The minimum atomic E-state index is 0.356. The summed E-state index contributed by atoms with van der Waals surface area (Å²) >= 11 is 0. The molecule has 0 amide bonds. The van der Waals surface area contributed by atoms with E-state index in [0.29, 0.717) is 5.92 Å². The molecule has 1 aliphatic rings. The zero-order valence-corrected chi connectivity index (χ0v) is 26.4. The van der Waals surface area contributed by atoms with E-state index in [0.717, 1.165) is 6.42 Å². The summed E-state index contributed by atoms with van der Waals surface area (Å²) in [6.45, 7) is 0. The number of para-hydroxylation sites is 2. The Kier molecular flexibility index (Phi) is 6.04. The van der Waals surface area contributed by atoms with Crippen LogP contribution in [0.1, 0.15) is 17.9 Å². The quantitative estimate of drug-likeness (QED) is 0.187. The third-order valence-electron chi connectivity index (χ3n) is 10.2. The Labute approximate surface area is 278 Å². The minimum absolute atomic E-state index is 0.356. The highest BCUT2D eigenvalue weighted by atomic mass is 15.0. The lowest BCUT2D eigenvalue weighted by molar-refractivity contribution is 0.907. The molecule has 0 bridgehead atoms. The van der Waals surface area contributed by atoms with E-state index in [9.17, 15) is 0 Å². The van der Waals surface area contributed by atoms with Gasteiger partial charge < -0.3 is 9.13 Å². The van der Waals surface area contributed by atoms with E-state index in [2.05, 4.69) is 185 Å². The fraction of sp³-hybridized carbons (Fsp3) is 0.0435. The predicted octanol–water partition coefficient (Wildman–Crippen LogP) is 10.3. The van der Waals surface area contributed by atoms with Crippen LogP contribution < -0.4 is 10.6 Å². The van der Waals surface area contributed by atoms with E-state index in [1.165, 1.54) is 82.1 Å². The highest BCUT2D eigenvalue weighted by Gasteiger charge is 2.18. The van der Waals surface area contributed by atoms with Gasteiger partial charge in [-0.25, -0.2) is 0 Å². The van der Waals surface area contributed by atoms with Gasteiger partial charge in [0.15, 0.2) is 0 Å². The Morgan fingerprint density at radius 2 is 1.08 bits per heavy atom. The molecule has 2 heterocycles. The molecule has 1 aliphatic carbocycles. The molecule has 2 aromatic heterocycles. The number of aromatic nitrogens is 2. The maximum atomic E-state index is 2.50. The molecule has 0 saturated heterocycles. The van der Waals surface area contributed by atoms with Gasteiger partial charge in [-0.2, -0.15) is 0 Å². The molecule has 0 radical (unpaired) electrons. The second-order valence-electron chi connectivity index (χ2n) is 12.9. The van der Waals surface area contributed by atoms with Crippen LogP contribution in [0.3, 0.4) is 0 Å². The van der Waals surface area contributed by atoms with Crippen molar-refractivity contribution in [3.05, 3.63) is 180 Å². The summed E-state index contributed by atoms with van der Waals surface area (Å²) < 4.78 is 4.85. The number of nitrogens with zero attached hydrogens (tertiary/aromatic N) is 2. The summed E-state index contributed by atoms with van der Waals surface area (Å²) in [6, 6.07) is 59.9. The van der Waals surface area contributed by atoms with Crippen molar-refractivity contribution in [2.75, 3.05) is 0 Å². The van der Waals surface area contributed by atoms with E-state index in [1.807, 2.05) is 0 Å². The molecule has 0 saturated carbocycles. The summed E-state index contributed by atoms with van der Waals surface area (Å²) in [5.41, 5.74) is 9.89. The smallest absolute Gasteiger partial charge is 0.0541 e. The Morgan fingerprint density at radius 1 is 0.438 bits per heavy atom. The Bertz CT molecular complexity index is 2800. The van der Waals surface area contributed by atoms with E-state index in [1.54, 1.807) is 0 Å². The van der Waals surface area contributed by atoms with Gasteiger partial charge in [-0.05, 0) is 88.5 Å². The molecule has 48 heavy (non-hydrogen) atoms. The standard InChI is InChI=1S/C46H32N2/c1-3-11-31(12-4-1)34-20-24-45-41(28-34)42-30-36(22-26-46(42)47(45)37-15-5-2-6-16-37)35-21-25-44-40(29-35)39-17-9-10-18-43(39)48(44)38-23-19-32-13-7-8-14-33(32)27-38/h1-19,21-30,34H,20H2. The molecule has 0 aliphatic heterocycles. The predicted molar refractivity (Wildman–Crippen MR) is 203 cm³/mol. The maximum absolute atomic E-state index is 2.50. The van der Waals surface area contributed by atoms with Crippen molar-refractivity contribution in [2.24, 2.45) is 0 Å². The monoisotopic (exact) mass is 612 g/mol. The third-order valence-corrected chi connectivity index (χ3v) is 10.2. The number of fused-ring (bicyclic) bond motifs is 7. The van der Waals surface area contributed by atoms with Gasteiger partial charge in [0.2, 0.25) is 0 Å². The molecule has 9 aromatic rings. The SMILES string of the molecule is C1=c2c(n(-c3ccccc3)c3ccc(-c4ccc5c(c4)c4ccccc4n5-c4ccc5ccccc5c4)cc23)=CCC1c1ccccc1. The fourth-order valence-corrected chi connectivity index (χ4v) is 7.93. The molecule has 2 heteroatoms. The highest BCUT2D eigenvalue weighted by molar-refractivity contribution is 6.11. The highest BCUT2D eigenvalue weighted by Crippen LogP contribution is 2.36. The van der Waals surface area contributed by atoms with Crippen molar-refractivity contribution in [2.45, 2.75) is 12.3 Å². The van der Waals surface area contributed by atoms with Gasteiger partial charge in [-0.3, -0.25) is 0 Å². The molecule has 1 unspecified atom stereocenters. The first-order chi connectivity index (χ1) is 23.8. The molecule has 0 N–H and O–H groups in total. The van der Waals surface area contributed by atoms with Crippen molar-refractivity contribution in [3.8, 4) is 22.5 Å². The normalized spacial score (nSPS) is 14.3. The van der Waals surface area contributed by atoms with E-state index in [-0.39, 0.29) is 0 Å². The number of hydrogen-bond donors (Lipinski definition) is 0. The Hall–Kier alpha value is -6.12. The molecule has 2 nitrogen and oxygen atoms in total. The van der Waals surface area contributed by atoms with Crippen molar-refractivity contribution in [1.82, 2.24) is 9.13 Å². The summed E-state index contributed by atoms with van der Waals surface area (Å²) in [5, 5.41) is 8.95. The average Bonchev–Trinajstić information content (AvgIpc) is 3.67. The van der Waals surface area contributed by atoms with Crippen LogP contribution in [0.5, 0.6) is 0 Å². The lowest BCUT2D eigenvalue weighted by atomic mass is 9.91. The van der Waals surface area contributed by atoms with Gasteiger partial charge in [0.25, 0.3) is 0 Å². The molecular formula is C46H32N2. The number of hydrogen-bond acceptors (Lipinski definition) is 0. The Balaban J connectivity index is 1.18. The van der Waals surface area contributed by atoms with Gasteiger partial charge >= 0.3 is 0 Å². The second-order valence-corrected chi connectivity index (χ2v) is 12.9. The van der Waals surface area contributed by atoms with Gasteiger partial charge in [-0.15, -0.1) is 0 Å². The van der Waals surface area contributed by atoms with Crippen LogP contribution in [0.15, 0.2) is 164 Å². The molecule has 10 rings (SSSR count). The van der Waals surface area contributed by atoms with Crippen LogP contribution in [-0.2, 0) is 0 Å². The lowest BCUT2D eigenvalue weighted by Crippen LogP contribution is -2.31. The van der Waals surface area contributed by atoms with Crippen LogP contribution in [-0.4, -0.2) is 9.13 Å². The number of benzene rings is 7. The van der Waals surface area contributed by atoms with Crippen LogP contribution >= 0.6 is 0 Å². The van der Waals surface area contributed by atoms with Gasteiger partial charge in [0, 0.05) is 44.0 Å². The first-order valence-electron chi connectivity index (χ1n) is 16.8. The summed E-state index contributed by atoms with van der Waals surface area (Å²) in [5.74, 6) is 0.356. The van der Waals surface area contributed by atoms with Crippen molar-refractivity contribution < 1.29 is 0 Å². The van der Waals surface area contributed by atoms with E-state index >= 15 is 0 Å². The van der Waals surface area contributed by atoms with Gasteiger partial charge in [0.05, 0.1) is 16.6 Å². The van der Waals surface area contributed by atoms with Crippen molar-refractivity contribution in [1.29, 1.82) is 0 Å². The summed E-state index contributed by atoms with van der Waals surface area (Å²) in [4.78, 5) is 0. The zero-order valence-electron chi connectivity index (χ0n) is 26.4. The fourth-order valence-electron chi connectivity index (χ4n) is 7.93. The van der Waals surface area contributed by atoms with Gasteiger partial charge in [-0.1, -0.05) is 121 Å². The molecule has 1 atom stereocenters. The van der Waals surface area contributed by atoms with Crippen molar-refractivity contribution >= 4 is 55.6 Å². The lowest BCUT2D eigenvalue weighted by Gasteiger charge is -2.14. The van der Waals surface area contributed by atoms with E-state index in [4.69, 9.17) is 0 Å². The van der Waals surface area contributed by atoms with E-state index < -0.39 is 0 Å². The van der Waals surface area contributed by atoms with Crippen LogP contribution in [0, 0.1) is 0 Å². The maximum Gasteiger partial charge on any atom is 0.0541 e. The van der Waals surface area contributed by atoms with Gasteiger partial charge in [0.1, 0.15) is 0 Å². The average molecular weight is 613 g/mol. The van der Waals surface area contributed by atoms with Crippen LogP contribution in [0.25, 0.3) is 78.1 Å². The number of rotatable bonds is 4. The largest absolute Gasteiger partial charge is 0.310 e. The first kappa shape index (κ1) is 27.0. The summed E-state index contributed by atoms with van der Waals surface area (Å²) in [6.07, 6.45) is 5.93. The third kappa shape index (κ3) is 4.19.